The third kappa shape index (κ3) is 5.78. The number of nitrogens with one attached hydrogen (secondary N) is 1. The number of carbonyl (C=O) groups is 1. The van der Waals surface area contributed by atoms with Crippen LogP contribution < -0.4 is 11.1 Å². The fourth-order valence-electron chi connectivity index (χ4n) is 1.81. The van der Waals surface area contributed by atoms with E-state index in [2.05, 4.69) is 5.32 Å². The zero-order valence-corrected chi connectivity index (χ0v) is 13.1. The normalized spacial score (nSPS) is 12.6. The monoisotopic (exact) mass is 331 g/mol. The highest BCUT2D eigenvalue weighted by atomic mass is 19.1. The lowest BCUT2D eigenvalue weighted by molar-refractivity contribution is -0.387. The Kier molecular flexibility index (Phi) is 5.97. The highest BCUT2D eigenvalue weighted by molar-refractivity contribution is 5.68. The van der Waals surface area contributed by atoms with E-state index < -0.39 is 40.0 Å². The van der Waals surface area contributed by atoms with Gasteiger partial charge in [0.2, 0.25) is 5.82 Å². The standard InChI is InChI=1S/C14H19F2N3O4/c1-14(2,3)23-13(20)18-9(7-17)4-8-5-11(16)12(19(21)22)6-10(8)15/h5-6,9H,4,7,17H2,1-3H3,(H,18,20). The van der Waals surface area contributed by atoms with Gasteiger partial charge in [-0.15, -0.1) is 0 Å². The van der Waals surface area contributed by atoms with Crippen LogP contribution >= 0.6 is 0 Å². The summed E-state index contributed by atoms with van der Waals surface area (Å²) in [7, 11) is 0. The number of nitrogens with two attached hydrogens (primary N) is 1. The molecule has 0 aromatic heterocycles. The van der Waals surface area contributed by atoms with E-state index in [9.17, 15) is 23.7 Å². The van der Waals surface area contributed by atoms with Crippen LogP contribution in [0.4, 0.5) is 19.3 Å². The number of hydrogen-bond acceptors (Lipinski definition) is 5. The Morgan fingerprint density at radius 3 is 2.48 bits per heavy atom. The molecule has 0 fully saturated rings. The fraction of sp³-hybridized carbons (Fsp3) is 0.500. The van der Waals surface area contributed by atoms with E-state index in [1.165, 1.54) is 0 Å². The third-order valence-electron chi connectivity index (χ3n) is 2.78. The first kappa shape index (κ1) is 18.8. The molecule has 1 rings (SSSR count). The van der Waals surface area contributed by atoms with Crippen molar-refractivity contribution in [1.29, 1.82) is 0 Å². The Morgan fingerprint density at radius 1 is 1.39 bits per heavy atom. The van der Waals surface area contributed by atoms with E-state index in [1.807, 2.05) is 0 Å². The zero-order chi connectivity index (χ0) is 17.8. The molecule has 0 aliphatic carbocycles. The number of halogens is 2. The lowest BCUT2D eigenvalue weighted by Gasteiger charge is -2.23. The van der Waals surface area contributed by atoms with Crippen LogP contribution in [-0.2, 0) is 11.2 Å². The van der Waals surface area contributed by atoms with Crippen molar-refractivity contribution in [2.24, 2.45) is 5.73 Å². The molecule has 9 heteroatoms. The maximum absolute atomic E-state index is 13.8. The molecule has 0 heterocycles. The van der Waals surface area contributed by atoms with Crippen LogP contribution in [0.15, 0.2) is 12.1 Å². The number of alkyl carbamates (subject to hydrolysis) is 1. The summed E-state index contributed by atoms with van der Waals surface area (Å²) in [6.45, 7) is 4.98. The third-order valence-corrected chi connectivity index (χ3v) is 2.78. The second-order valence-corrected chi connectivity index (χ2v) is 5.94. The SMILES string of the molecule is CC(C)(C)OC(=O)NC(CN)Cc1cc(F)c([N+](=O)[O-])cc1F. The molecule has 0 bridgehead atoms. The molecule has 0 aliphatic rings. The average molecular weight is 331 g/mol. The Bertz CT molecular complexity index is 602. The van der Waals surface area contributed by atoms with Gasteiger partial charge in [-0.3, -0.25) is 10.1 Å². The van der Waals surface area contributed by atoms with Crippen molar-refractivity contribution in [1.82, 2.24) is 5.32 Å². The number of rotatable bonds is 5. The van der Waals surface area contributed by atoms with Gasteiger partial charge >= 0.3 is 11.8 Å². The van der Waals surface area contributed by atoms with Crippen molar-refractivity contribution in [3.63, 3.8) is 0 Å². The van der Waals surface area contributed by atoms with E-state index in [0.717, 1.165) is 6.07 Å². The maximum atomic E-state index is 13.8. The van der Waals surface area contributed by atoms with Gasteiger partial charge in [0, 0.05) is 12.6 Å². The van der Waals surface area contributed by atoms with Gasteiger partial charge in [-0.1, -0.05) is 0 Å². The quantitative estimate of drug-likeness (QED) is 0.635. The summed E-state index contributed by atoms with van der Waals surface area (Å²) >= 11 is 0. The lowest BCUT2D eigenvalue weighted by atomic mass is 10.0. The largest absolute Gasteiger partial charge is 0.444 e. The highest BCUT2D eigenvalue weighted by Gasteiger charge is 2.22. The van der Waals surface area contributed by atoms with Crippen LogP contribution in [0.25, 0.3) is 0 Å². The second kappa shape index (κ2) is 7.32. The van der Waals surface area contributed by atoms with E-state index in [-0.39, 0.29) is 18.5 Å². The predicted octanol–water partition coefficient (Wildman–Crippen LogP) is 2.27. The molecule has 0 saturated heterocycles. The van der Waals surface area contributed by atoms with Gasteiger partial charge in [0.1, 0.15) is 11.4 Å². The summed E-state index contributed by atoms with van der Waals surface area (Å²) in [5.41, 5.74) is 3.72. The van der Waals surface area contributed by atoms with Crippen LogP contribution in [0.2, 0.25) is 0 Å². The van der Waals surface area contributed by atoms with Crippen LogP contribution in [-0.4, -0.2) is 29.2 Å². The first-order valence-electron chi connectivity index (χ1n) is 6.85. The van der Waals surface area contributed by atoms with Crippen molar-refractivity contribution in [2.75, 3.05) is 6.54 Å². The zero-order valence-electron chi connectivity index (χ0n) is 13.1. The van der Waals surface area contributed by atoms with Crippen LogP contribution in [0, 0.1) is 21.7 Å². The summed E-state index contributed by atoms with van der Waals surface area (Å²) < 4.78 is 32.5. The number of benzene rings is 1. The van der Waals surface area contributed by atoms with E-state index in [4.69, 9.17) is 10.5 Å². The molecule has 23 heavy (non-hydrogen) atoms. The van der Waals surface area contributed by atoms with E-state index >= 15 is 0 Å². The summed E-state index contributed by atoms with van der Waals surface area (Å²) in [5, 5.41) is 13.0. The molecule has 3 N–H and O–H groups in total. The molecule has 1 aromatic carbocycles. The molecule has 7 nitrogen and oxygen atoms in total. The maximum Gasteiger partial charge on any atom is 0.407 e. The van der Waals surface area contributed by atoms with Gasteiger partial charge in [-0.05, 0) is 38.8 Å². The van der Waals surface area contributed by atoms with Gasteiger partial charge in [-0.25, -0.2) is 9.18 Å². The first-order valence-corrected chi connectivity index (χ1v) is 6.85. The van der Waals surface area contributed by atoms with Crippen molar-refractivity contribution in [3.8, 4) is 0 Å². The second-order valence-electron chi connectivity index (χ2n) is 5.94. The number of carbonyl (C=O) groups excluding carboxylic acids is 1. The van der Waals surface area contributed by atoms with Crippen LogP contribution in [0.1, 0.15) is 26.3 Å². The predicted molar refractivity (Wildman–Crippen MR) is 78.9 cm³/mol. The molecule has 128 valence electrons. The lowest BCUT2D eigenvalue weighted by Crippen LogP contribution is -2.44. The minimum Gasteiger partial charge on any atom is -0.444 e. The van der Waals surface area contributed by atoms with Gasteiger partial charge in [0.15, 0.2) is 0 Å². The summed E-state index contributed by atoms with van der Waals surface area (Å²) in [6, 6.07) is 0.527. The average Bonchev–Trinajstić information content (AvgIpc) is 2.39. The molecule has 1 amide bonds. The molecule has 1 unspecified atom stereocenters. The van der Waals surface area contributed by atoms with Crippen molar-refractivity contribution in [3.05, 3.63) is 39.4 Å². The smallest absolute Gasteiger partial charge is 0.407 e. The Balaban J connectivity index is 2.86. The molecule has 0 radical (unpaired) electrons. The molecular weight excluding hydrogens is 312 g/mol. The van der Waals surface area contributed by atoms with Gasteiger partial charge < -0.3 is 15.8 Å². The van der Waals surface area contributed by atoms with E-state index in [1.54, 1.807) is 20.8 Å². The molecule has 0 aliphatic heterocycles. The Hall–Kier alpha value is -2.29. The van der Waals surface area contributed by atoms with Gasteiger partial charge in [0.25, 0.3) is 0 Å². The molecule has 1 aromatic rings. The molecule has 0 saturated carbocycles. The first-order chi connectivity index (χ1) is 10.5. The summed E-state index contributed by atoms with van der Waals surface area (Å²) in [6.07, 6.45) is -0.869. The number of ether oxygens (including phenoxy) is 1. The van der Waals surface area contributed by atoms with Crippen molar-refractivity contribution in [2.45, 2.75) is 38.8 Å². The highest BCUT2D eigenvalue weighted by Crippen LogP contribution is 2.22. The Morgan fingerprint density at radius 2 is 2.00 bits per heavy atom. The summed E-state index contributed by atoms with van der Waals surface area (Å²) in [5.74, 6) is -2.10. The van der Waals surface area contributed by atoms with Crippen molar-refractivity contribution >= 4 is 11.8 Å². The van der Waals surface area contributed by atoms with Gasteiger partial charge in [0.05, 0.1) is 11.0 Å². The summed E-state index contributed by atoms with van der Waals surface area (Å²) in [4.78, 5) is 21.2. The number of hydrogen-bond donors (Lipinski definition) is 2. The number of nitrogens with zero attached hydrogens (tertiary/aromatic N) is 1. The number of nitro groups is 1. The van der Waals surface area contributed by atoms with Crippen LogP contribution in [0.5, 0.6) is 0 Å². The van der Waals surface area contributed by atoms with Gasteiger partial charge in [-0.2, -0.15) is 4.39 Å². The van der Waals surface area contributed by atoms with Crippen LogP contribution in [0.3, 0.4) is 0 Å². The van der Waals surface area contributed by atoms with E-state index in [0.29, 0.717) is 6.07 Å². The number of amides is 1. The minimum atomic E-state index is -1.15. The minimum absolute atomic E-state index is 0.0444. The van der Waals surface area contributed by atoms with Crippen molar-refractivity contribution < 1.29 is 23.2 Å². The fourth-order valence-corrected chi connectivity index (χ4v) is 1.81. The molecule has 1 atom stereocenters. The Labute approximate surface area is 131 Å². The topological polar surface area (TPSA) is 107 Å². The number of nitro benzene ring substituents is 1. The molecule has 0 spiro atoms. The molecular formula is C14H19F2N3O4.